The molecule has 14 aromatic rings. The van der Waals surface area contributed by atoms with Crippen LogP contribution in [-0.4, -0.2) is 13.4 Å². The molecule has 0 aliphatic rings. The Morgan fingerprint density at radius 3 is 1.36 bits per heavy atom. The zero-order valence-electron chi connectivity index (χ0n) is 31.3. The summed E-state index contributed by atoms with van der Waals surface area (Å²) >= 11 is 0. The largest absolute Gasteiger partial charge is 0.309 e. The number of benzene rings is 9. The summed E-state index contributed by atoms with van der Waals surface area (Å²) in [6, 6.07) is 71.3. The Kier molecular flexibility index (Phi) is 5.73. The van der Waals surface area contributed by atoms with E-state index in [9.17, 15) is 0 Å². The maximum Gasteiger partial charge on any atom is 0.0663 e. The Labute approximate surface area is 331 Å². The molecule has 0 fully saturated rings. The molecule has 0 amide bonds. The number of aromatic nitrogens is 3. The first kappa shape index (κ1) is 30.4. The van der Waals surface area contributed by atoms with Crippen molar-refractivity contribution in [1.29, 1.82) is 0 Å². The number of rotatable bonds is 4. The fourth-order valence-corrected chi connectivity index (χ4v) is 10.7. The molecule has 5 aromatic heterocycles. The van der Waals surface area contributed by atoms with E-state index in [0.717, 1.165) is 17.1 Å². The SMILES string of the molecule is c1ccc(N(c2ccccc2)c2c3c4ccccc4n(-c4ccccc4)c3c3c4c5c6ccccc6n6c7ccccc7c(cc4n4c7ccccc7c2c34)c56)cc1. The van der Waals surface area contributed by atoms with E-state index in [4.69, 9.17) is 0 Å². The molecule has 5 heterocycles. The van der Waals surface area contributed by atoms with Gasteiger partial charge in [0, 0.05) is 70.9 Å². The Morgan fingerprint density at radius 2 is 0.741 bits per heavy atom. The lowest BCUT2D eigenvalue weighted by Gasteiger charge is -2.28. The molecule has 58 heavy (non-hydrogen) atoms. The molecular formula is C54H32N4. The highest BCUT2D eigenvalue weighted by Crippen LogP contribution is 2.56. The third kappa shape index (κ3) is 3.62. The number of para-hydroxylation sites is 7. The number of hydrogen-bond acceptors (Lipinski definition) is 1. The van der Waals surface area contributed by atoms with E-state index in [-0.39, 0.29) is 0 Å². The Morgan fingerprint density at radius 1 is 0.293 bits per heavy atom. The number of fused-ring (bicyclic) bond motifs is 17. The first-order valence-corrected chi connectivity index (χ1v) is 20.1. The van der Waals surface area contributed by atoms with Crippen LogP contribution in [0.3, 0.4) is 0 Å². The molecule has 0 unspecified atom stereocenters. The second-order valence-electron chi connectivity index (χ2n) is 15.6. The lowest BCUT2D eigenvalue weighted by atomic mass is 9.96. The second-order valence-corrected chi connectivity index (χ2v) is 15.6. The predicted molar refractivity (Wildman–Crippen MR) is 245 cm³/mol. The second kappa shape index (κ2) is 10.9. The Bertz CT molecular complexity index is 3910. The summed E-state index contributed by atoms with van der Waals surface area (Å²) in [5.41, 5.74) is 14.5. The van der Waals surface area contributed by atoms with Crippen molar-refractivity contribution in [2.24, 2.45) is 0 Å². The molecule has 4 nitrogen and oxygen atoms in total. The van der Waals surface area contributed by atoms with Crippen LogP contribution in [0.4, 0.5) is 17.1 Å². The number of anilines is 3. The molecule has 0 radical (unpaired) electrons. The van der Waals surface area contributed by atoms with Crippen LogP contribution in [0.25, 0.3) is 104 Å². The summed E-state index contributed by atoms with van der Waals surface area (Å²) in [5.74, 6) is 0. The van der Waals surface area contributed by atoms with Gasteiger partial charge in [0.15, 0.2) is 0 Å². The highest BCUT2D eigenvalue weighted by Gasteiger charge is 2.33. The van der Waals surface area contributed by atoms with E-state index >= 15 is 0 Å². The number of hydrogen-bond donors (Lipinski definition) is 0. The van der Waals surface area contributed by atoms with Gasteiger partial charge >= 0.3 is 0 Å². The van der Waals surface area contributed by atoms with Gasteiger partial charge < -0.3 is 18.3 Å². The first-order valence-electron chi connectivity index (χ1n) is 20.1. The molecule has 14 rings (SSSR count). The summed E-state index contributed by atoms with van der Waals surface area (Å²) in [7, 11) is 0. The van der Waals surface area contributed by atoms with Crippen molar-refractivity contribution in [3.63, 3.8) is 0 Å². The van der Waals surface area contributed by atoms with E-state index in [1.54, 1.807) is 0 Å². The van der Waals surface area contributed by atoms with Crippen LogP contribution in [-0.2, 0) is 0 Å². The highest BCUT2D eigenvalue weighted by atomic mass is 15.2. The smallest absolute Gasteiger partial charge is 0.0663 e. The molecule has 0 spiro atoms. The van der Waals surface area contributed by atoms with Gasteiger partial charge in [-0.15, -0.1) is 0 Å². The molecular weight excluding hydrogens is 705 g/mol. The van der Waals surface area contributed by atoms with Gasteiger partial charge in [0.1, 0.15) is 0 Å². The third-order valence-electron chi connectivity index (χ3n) is 12.8. The third-order valence-corrected chi connectivity index (χ3v) is 12.8. The van der Waals surface area contributed by atoms with Crippen LogP contribution < -0.4 is 4.90 Å². The first-order chi connectivity index (χ1) is 28.9. The highest BCUT2D eigenvalue weighted by molar-refractivity contribution is 6.45. The van der Waals surface area contributed by atoms with Crippen LogP contribution in [0.2, 0.25) is 0 Å². The molecule has 0 aliphatic heterocycles. The topological polar surface area (TPSA) is 17.0 Å². The van der Waals surface area contributed by atoms with Crippen LogP contribution in [0.15, 0.2) is 194 Å². The van der Waals surface area contributed by atoms with Crippen LogP contribution in [0.5, 0.6) is 0 Å². The fourth-order valence-electron chi connectivity index (χ4n) is 10.7. The zero-order chi connectivity index (χ0) is 37.6. The quantitative estimate of drug-likeness (QED) is 0.176. The predicted octanol–water partition coefficient (Wildman–Crippen LogP) is 14.6. The van der Waals surface area contributed by atoms with Gasteiger partial charge in [-0.1, -0.05) is 127 Å². The van der Waals surface area contributed by atoms with Crippen LogP contribution in [0.1, 0.15) is 0 Å². The van der Waals surface area contributed by atoms with E-state index < -0.39 is 0 Å². The molecule has 4 heteroatoms. The van der Waals surface area contributed by atoms with Crippen LogP contribution in [0, 0.1) is 0 Å². The van der Waals surface area contributed by atoms with E-state index in [1.165, 1.54) is 104 Å². The average molecular weight is 737 g/mol. The minimum Gasteiger partial charge on any atom is -0.309 e. The molecule has 0 saturated carbocycles. The van der Waals surface area contributed by atoms with Crippen molar-refractivity contribution in [2.75, 3.05) is 4.90 Å². The van der Waals surface area contributed by atoms with Crippen molar-refractivity contribution >= 4 is 115 Å². The molecule has 9 aromatic carbocycles. The summed E-state index contributed by atoms with van der Waals surface area (Å²) < 4.78 is 7.66. The summed E-state index contributed by atoms with van der Waals surface area (Å²) in [6.07, 6.45) is 0. The molecule has 268 valence electrons. The van der Waals surface area contributed by atoms with Gasteiger partial charge in [-0.3, -0.25) is 0 Å². The van der Waals surface area contributed by atoms with Crippen molar-refractivity contribution in [1.82, 2.24) is 13.4 Å². The molecule has 0 N–H and O–H groups in total. The van der Waals surface area contributed by atoms with Crippen molar-refractivity contribution in [3.8, 4) is 5.69 Å². The minimum atomic E-state index is 1.12. The fraction of sp³-hybridized carbons (Fsp3) is 0. The number of nitrogens with zero attached hydrogens (tertiary/aromatic N) is 4. The van der Waals surface area contributed by atoms with Crippen molar-refractivity contribution < 1.29 is 0 Å². The maximum absolute atomic E-state index is 2.60. The lowest BCUT2D eigenvalue weighted by Crippen LogP contribution is -2.11. The van der Waals surface area contributed by atoms with Gasteiger partial charge in [0.25, 0.3) is 0 Å². The Hall–Kier alpha value is -7.82. The van der Waals surface area contributed by atoms with E-state index in [0.29, 0.717) is 0 Å². The normalized spacial score (nSPS) is 12.5. The average Bonchev–Trinajstić information content (AvgIpc) is 4.08. The monoisotopic (exact) mass is 736 g/mol. The van der Waals surface area contributed by atoms with Gasteiger partial charge in [0.05, 0.1) is 49.8 Å². The van der Waals surface area contributed by atoms with Crippen LogP contribution >= 0.6 is 0 Å². The molecule has 0 aliphatic carbocycles. The van der Waals surface area contributed by atoms with Crippen molar-refractivity contribution in [3.05, 3.63) is 194 Å². The van der Waals surface area contributed by atoms with Gasteiger partial charge in [0.2, 0.25) is 0 Å². The van der Waals surface area contributed by atoms with Gasteiger partial charge in [-0.25, -0.2) is 0 Å². The molecule has 0 saturated heterocycles. The Balaban J connectivity index is 1.37. The zero-order valence-corrected chi connectivity index (χ0v) is 31.3. The van der Waals surface area contributed by atoms with Crippen molar-refractivity contribution in [2.45, 2.75) is 0 Å². The standard InChI is InChI=1S/C54H32N4/c1-4-18-33(19-5-1)55(34-20-6-2-7-21-34)52-47-38-26-12-15-29-42(38)56(35-22-8-3-9-23-35)53(47)50-49-45(58-44-31-17-13-27-39(44)48(52)54(50)58)32-40-36-24-10-14-28-41(36)57-43-30-16-11-25-37(43)46(49)51(40)57/h1-32H. The maximum atomic E-state index is 2.60. The summed E-state index contributed by atoms with van der Waals surface area (Å²) in [6.45, 7) is 0. The van der Waals surface area contributed by atoms with E-state index in [1.807, 2.05) is 0 Å². The minimum absolute atomic E-state index is 1.12. The van der Waals surface area contributed by atoms with Gasteiger partial charge in [-0.05, 0) is 66.7 Å². The van der Waals surface area contributed by atoms with Gasteiger partial charge in [-0.2, -0.15) is 0 Å². The molecule has 0 atom stereocenters. The van der Waals surface area contributed by atoms with E-state index in [2.05, 4.69) is 212 Å². The molecule has 0 bridgehead atoms. The summed E-state index contributed by atoms with van der Waals surface area (Å²) in [4.78, 5) is 2.51. The lowest BCUT2D eigenvalue weighted by molar-refractivity contribution is 1.19. The summed E-state index contributed by atoms with van der Waals surface area (Å²) in [5, 5.41) is 12.7.